The van der Waals surface area contributed by atoms with Crippen LogP contribution in [0.1, 0.15) is 36.0 Å². The SMILES string of the molecule is CN=C(NCc1ccc(CN2CCCCC2)cc1)NCc1ccc(N2CC=CC2)cc1.I. The Bertz CT molecular complexity index is 862. The highest BCUT2D eigenvalue weighted by Gasteiger charge is 2.10. The predicted molar refractivity (Wildman–Crippen MR) is 146 cm³/mol. The van der Waals surface area contributed by atoms with Gasteiger partial charge in [0.1, 0.15) is 0 Å². The maximum Gasteiger partial charge on any atom is 0.191 e. The van der Waals surface area contributed by atoms with Crippen LogP contribution in [0.5, 0.6) is 0 Å². The van der Waals surface area contributed by atoms with Crippen LogP contribution in [0.15, 0.2) is 65.7 Å². The number of nitrogens with one attached hydrogen (secondary N) is 2. The largest absolute Gasteiger partial charge is 0.364 e. The molecular weight excluding hydrogens is 509 g/mol. The van der Waals surface area contributed by atoms with Gasteiger partial charge in [0.2, 0.25) is 0 Å². The molecule has 2 aromatic carbocycles. The molecule has 2 aliphatic heterocycles. The fourth-order valence-corrected chi connectivity index (χ4v) is 4.24. The summed E-state index contributed by atoms with van der Waals surface area (Å²) in [6.45, 7) is 7.09. The fraction of sp³-hybridized carbons (Fsp3) is 0.423. The number of hydrogen-bond donors (Lipinski definition) is 2. The Labute approximate surface area is 210 Å². The van der Waals surface area contributed by atoms with E-state index in [1.165, 1.54) is 54.7 Å². The number of benzene rings is 2. The zero-order valence-electron chi connectivity index (χ0n) is 19.1. The second-order valence-electron chi connectivity index (χ2n) is 8.48. The molecule has 0 amide bonds. The second kappa shape index (κ2) is 12.8. The lowest BCUT2D eigenvalue weighted by atomic mass is 10.1. The average molecular weight is 546 g/mol. The number of hydrogen-bond acceptors (Lipinski definition) is 3. The van der Waals surface area contributed by atoms with E-state index in [2.05, 4.69) is 86.1 Å². The van der Waals surface area contributed by atoms with E-state index in [0.717, 1.165) is 38.7 Å². The Hall–Kier alpha value is -2.06. The van der Waals surface area contributed by atoms with Crippen molar-refractivity contribution < 1.29 is 0 Å². The Morgan fingerprint density at radius 3 is 1.88 bits per heavy atom. The summed E-state index contributed by atoms with van der Waals surface area (Å²) in [6.07, 6.45) is 8.50. The van der Waals surface area contributed by atoms with Gasteiger partial charge in [0.15, 0.2) is 5.96 Å². The normalized spacial score (nSPS) is 16.7. The molecule has 0 aromatic heterocycles. The van der Waals surface area contributed by atoms with Gasteiger partial charge in [-0.3, -0.25) is 9.89 Å². The van der Waals surface area contributed by atoms with Crippen molar-refractivity contribution in [3.05, 3.63) is 77.4 Å². The average Bonchev–Trinajstić information content (AvgIpc) is 3.36. The molecule has 2 heterocycles. The molecule has 1 fully saturated rings. The minimum atomic E-state index is 0. The monoisotopic (exact) mass is 545 g/mol. The molecule has 1 saturated heterocycles. The van der Waals surface area contributed by atoms with Gasteiger partial charge in [-0.1, -0.05) is 55.0 Å². The van der Waals surface area contributed by atoms with E-state index in [0.29, 0.717) is 0 Å². The van der Waals surface area contributed by atoms with Crippen molar-refractivity contribution in [2.45, 2.75) is 38.9 Å². The van der Waals surface area contributed by atoms with Gasteiger partial charge in [-0.15, -0.1) is 24.0 Å². The number of piperidine rings is 1. The Balaban J connectivity index is 0.00000289. The number of anilines is 1. The number of rotatable bonds is 7. The van der Waals surface area contributed by atoms with Crippen LogP contribution < -0.4 is 15.5 Å². The van der Waals surface area contributed by atoms with Crippen LogP contribution in [0.2, 0.25) is 0 Å². The van der Waals surface area contributed by atoms with Crippen molar-refractivity contribution >= 4 is 35.6 Å². The highest BCUT2D eigenvalue weighted by Crippen LogP contribution is 2.17. The van der Waals surface area contributed by atoms with Crippen molar-refractivity contribution in [3.8, 4) is 0 Å². The lowest BCUT2D eigenvalue weighted by molar-refractivity contribution is 0.221. The number of guanidine groups is 1. The van der Waals surface area contributed by atoms with Crippen molar-refractivity contribution in [3.63, 3.8) is 0 Å². The molecule has 0 atom stereocenters. The molecule has 0 unspecified atom stereocenters. The van der Waals surface area contributed by atoms with Gasteiger partial charge in [-0.2, -0.15) is 0 Å². The molecule has 0 radical (unpaired) electrons. The number of likely N-dealkylation sites (tertiary alicyclic amines) is 1. The molecule has 5 nitrogen and oxygen atoms in total. The molecule has 0 bridgehead atoms. The first-order valence-corrected chi connectivity index (χ1v) is 11.5. The zero-order valence-corrected chi connectivity index (χ0v) is 21.4. The third kappa shape index (κ3) is 7.24. The Morgan fingerprint density at radius 2 is 1.31 bits per heavy atom. The van der Waals surface area contributed by atoms with Crippen molar-refractivity contribution in [1.29, 1.82) is 0 Å². The first-order valence-electron chi connectivity index (χ1n) is 11.5. The third-order valence-electron chi connectivity index (χ3n) is 6.14. The second-order valence-corrected chi connectivity index (χ2v) is 8.48. The fourth-order valence-electron chi connectivity index (χ4n) is 4.24. The Kier molecular flexibility index (Phi) is 9.87. The molecule has 0 spiro atoms. The minimum Gasteiger partial charge on any atom is -0.364 e. The van der Waals surface area contributed by atoms with Crippen molar-refractivity contribution in [2.24, 2.45) is 4.99 Å². The number of aliphatic imine (C=N–C) groups is 1. The first kappa shape index (κ1) is 24.6. The van der Waals surface area contributed by atoms with Gasteiger partial charge >= 0.3 is 0 Å². The van der Waals surface area contributed by atoms with Crippen LogP contribution in [0, 0.1) is 0 Å². The first-order chi connectivity index (χ1) is 15.3. The van der Waals surface area contributed by atoms with Gasteiger partial charge < -0.3 is 15.5 Å². The summed E-state index contributed by atoms with van der Waals surface area (Å²) in [4.78, 5) is 9.29. The lowest BCUT2D eigenvalue weighted by Gasteiger charge is -2.26. The molecule has 0 saturated carbocycles. The van der Waals surface area contributed by atoms with Crippen LogP contribution in [0.25, 0.3) is 0 Å². The van der Waals surface area contributed by atoms with Gasteiger partial charge in [0.05, 0.1) is 0 Å². The Morgan fingerprint density at radius 1 is 0.781 bits per heavy atom. The van der Waals surface area contributed by atoms with E-state index in [9.17, 15) is 0 Å². The van der Waals surface area contributed by atoms with Crippen LogP contribution in [-0.4, -0.2) is 44.1 Å². The molecular formula is C26H36IN5. The topological polar surface area (TPSA) is 42.9 Å². The maximum absolute atomic E-state index is 4.36. The van der Waals surface area contributed by atoms with E-state index in [1.807, 2.05) is 7.05 Å². The minimum absolute atomic E-state index is 0. The summed E-state index contributed by atoms with van der Waals surface area (Å²) in [5.74, 6) is 0.824. The van der Waals surface area contributed by atoms with E-state index in [1.54, 1.807) is 0 Å². The predicted octanol–water partition coefficient (Wildman–Crippen LogP) is 4.53. The summed E-state index contributed by atoms with van der Waals surface area (Å²) in [5, 5.41) is 6.84. The standard InChI is InChI=1S/C26H35N5.HI/c1-27-26(29-20-23-11-13-25(14-12-23)31-17-5-6-18-31)28-19-22-7-9-24(10-8-22)21-30-15-3-2-4-16-30;/h5-14H,2-4,15-21H2,1H3,(H2,27,28,29);1H. The third-order valence-corrected chi connectivity index (χ3v) is 6.14. The van der Waals surface area contributed by atoms with Gasteiger partial charge in [-0.25, -0.2) is 0 Å². The molecule has 32 heavy (non-hydrogen) atoms. The van der Waals surface area contributed by atoms with Crippen molar-refractivity contribution in [2.75, 3.05) is 38.1 Å². The van der Waals surface area contributed by atoms with Crippen LogP contribution >= 0.6 is 24.0 Å². The van der Waals surface area contributed by atoms with E-state index < -0.39 is 0 Å². The zero-order chi connectivity index (χ0) is 21.3. The molecule has 2 N–H and O–H groups in total. The van der Waals surface area contributed by atoms with Gasteiger partial charge in [-0.05, 0) is 54.8 Å². The van der Waals surface area contributed by atoms with Crippen LogP contribution in [-0.2, 0) is 19.6 Å². The van der Waals surface area contributed by atoms with Crippen LogP contribution in [0.3, 0.4) is 0 Å². The summed E-state index contributed by atoms with van der Waals surface area (Å²) >= 11 is 0. The van der Waals surface area contributed by atoms with Gasteiger partial charge in [0.25, 0.3) is 0 Å². The molecule has 4 rings (SSSR count). The molecule has 0 aliphatic carbocycles. The molecule has 2 aliphatic rings. The molecule has 172 valence electrons. The maximum atomic E-state index is 4.36. The molecule has 2 aromatic rings. The van der Waals surface area contributed by atoms with Crippen molar-refractivity contribution in [1.82, 2.24) is 15.5 Å². The highest BCUT2D eigenvalue weighted by atomic mass is 127. The quantitative estimate of drug-likeness (QED) is 0.232. The molecule has 6 heteroatoms. The van der Waals surface area contributed by atoms with Gasteiger partial charge in [0, 0.05) is 45.5 Å². The number of nitrogens with zero attached hydrogens (tertiary/aromatic N) is 3. The number of halogens is 1. The highest BCUT2D eigenvalue weighted by molar-refractivity contribution is 14.0. The van der Waals surface area contributed by atoms with E-state index in [4.69, 9.17) is 0 Å². The lowest BCUT2D eigenvalue weighted by Crippen LogP contribution is -2.36. The summed E-state index contributed by atoms with van der Waals surface area (Å²) in [7, 11) is 1.82. The summed E-state index contributed by atoms with van der Waals surface area (Å²) < 4.78 is 0. The van der Waals surface area contributed by atoms with E-state index in [-0.39, 0.29) is 24.0 Å². The summed E-state index contributed by atoms with van der Waals surface area (Å²) in [6, 6.07) is 17.8. The van der Waals surface area contributed by atoms with E-state index >= 15 is 0 Å². The van der Waals surface area contributed by atoms with Crippen LogP contribution in [0.4, 0.5) is 5.69 Å². The smallest absolute Gasteiger partial charge is 0.191 e. The summed E-state index contributed by atoms with van der Waals surface area (Å²) in [5.41, 5.74) is 5.20.